The van der Waals surface area contributed by atoms with Gasteiger partial charge in [0.05, 0.1) is 12.2 Å². The van der Waals surface area contributed by atoms with Crippen molar-refractivity contribution in [3.05, 3.63) is 0 Å². The summed E-state index contributed by atoms with van der Waals surface area (Å²) >= 11 is 0. The van der Waals surface area contributed by atoms with Gasteiger partial charge in [0.15, 0.2) is 0 Å². The van der Waals surface area contributed by atoms with Gasteiger partial charge in [-0.3, -0.25) is 0 Å². The summed E-state index contributed by atoms with van der Waals surface area (Å²) in [6, 6.07) is 0. The van der Waals surface area contributed by atoms with Crippen LogP contribution in [0.15, 0.2) is 0 Å². The highest BCUT2D eigenvalue weighted by atomic mass is 16.6. The molecule has 0 amide bonds. The van der Waals surface area contributed by atoms with Crippen molar-refractivity contribution in [2.75, 3.05) is 0 Å². The molecule has 0 spiro atoms. The lowest BCUT2D eigenvalue weighted by atomic mass is 9.89. The fraction of sp³-hybridized carbons (Fsp3) is 1.00. The third kappa shape index (κ3) is 0.953. The lowest BCUT2D eigenvalue weighted by molar-refractivity contribution is 0.261. The Morgan fingerprint density at radius 2 is 1.83 bits per heavy atom. The van der Waals surface area contributed by atoms with Crippen LogP contribution in [-0.2, 0) is 4.74 Å². The first-order valence-corrected chi connectivity index (χ1v) is 5.52. The van der Waals surface area contributed by atoms with Gasteiger partial charge in [-0.25, -0.2) is 0 Å². The molecule has 3 fully saturated rings. The van der Waals surface area contributed by atoms with E-state index in [1.807, 2.05) is 0 Å². The van der Waals surface area contributed by atoms with Crippen LogP contribution in [0.4, 0.5) is 0 Å². The number of rotatable bonds is 1. The molecule has 0 radical (unpaired) electrons. The van der Waals surface area contributed by atoms with Crippen molar-refractivity contribution in [3.8, 4) is 0 Å². The molecule has 1 nitrogen and oxygen atoms in total. The number of ether oxygens (including phenoxy) is 1. The van der Waals surface area contributed by atoms with E-state index in [4.69, 9.17) is 4.74 Å². The zero-order valence-corrected chi connectivity index (χ0v) is 7.83. The zero-order chi connectivity index (χ0) is 8.13. The maximum Gasteiger partial charge on any atom is 0.0869 e. The second-order valence-electron chi connectivity index (χ2n) is 4.90. The van der Waals surface area contributed by atoms with Gasteiger partial charge < -0.3 is 4.74 Å². The topological polar surface area (TPSA) is 12.5 Å². The van der Waals surface area contributed by atoms with Gasteiger partial charge in [-0.1, -0.05) is 12.8 Å². The van der Waals surface area contributed by atoms with Gasteiger partial charge in [-0.05, 0) is 43.9 Å². The Kier molecular flexibility index (Phi) is 1.52. The molecule has 0 aromatic carbocycles. The third-order valence-electron chi connectivity index (χ3n) is 4.32. The summed E-state index contributed by atoms with van der Waals surface area (Å²) in [7, 11) is 0. The highest BCUT2D eigenvalue weighted by Gasteiger charge is 2.50. The quantitative estimate of drug-likeness (QED) is 0.545. The zero-order valence-electron chi connectivity index (χ0n) is 7.83. The molecule has 1 aliphatic heterocycles. The van der Waals surface area contributed by atoms with Crippen LogP contribution in [0.25, 0.3) is 0 Å². The van der Waals surface area contributed by atoms with Gasteiger partial charge >= 0.3 is 0 Å². The predicted molar refractivity (Wildman–Crippen MR) is 47.9 cm³/mol. The van der Waals surface area contributed by atoms with Gasteiger partial charge in [0.1, 0.15) is 0 Å². The molecule has 3 aliphatic rings. The molecular weight excluding hydrogens is 148 g/mol. The van der Waals surface area contributed by atoms with Crippen LogP contribution >= 0.6 is 0 Å². The van der Waals surface area contributed by atoms with Crippen LogP contribution in [-0.4, -0.2) is 12.2 Å². The van der Waals surface area contributed by atoms with E-state index in [0.717, 1.165) is 17.8 Å². The van der Waals surface area contributed by atoms with E-state index in [9.17, 15) is 0 Å². The van der Waals surface area contributed by atoms with Crippen LogP contribution in [0, 0.1) is 17.8 Å². The largest absolute Gasteiger partial charge is 0.370 e. The molecule has 0 N–H and O–H groups in total. The van der Waals surface area contributed by atoms with E-state index in [-0.39, 0.29) is 0 Å². The summed E-state index contributed by atoms with van der Waals surface area (Å²) in [5.41, 5.74) is 0. The lowest BCUT2D eigenvalue weighted by Gasteiger charge is -2.15. The van der Waals surface area contributed by atoms with Crippen molar-refractivity contribution in [3.63, 3.8) is 0 Å². The molecule has 1 heteroatoms. The number of hydrogen-bond donors (Lipinski definition) is 0. The molecule has 2 aliphatic carbocycles. The Morgan fingerprint density at radius 1 is 1.00 bits per heavy atom. The van der Waals surface area contributed by atoms with Crippen molar-refractivity contribution < 1.29 is 4.74 Å². The standard InChI is InChI=1S/C11H18O/c1-7-11(12-7)10-6-5-8-3-2-4-9(8)10/h7-11H,2-6H2,1H3. The number of epoxide rings is 1. The van der Waals surface area contributed by atoms with E-state index in [1.54, 1.807) is 0 Å². The highest BCUT2D eigenvalue weighted by Crippen LogP contribution is 2.52. The normalized spacial score (nSPS) is 57.2. The van der Waals surface area contributed by atoms with E-state index in [0.29, 0.717) is 12.2 Å². The minimum Gasteiger partial charge on any atom is -0.370 e. The first-order valence-electron chi connectivity index (χ1n) is 5.52. The molecule has 12 heavy (non-hydrogen) atoms. The van der Waals surface area contributed by atoms with Crippen LogP contribution in [0.3, 0.4) is 0 Å². The van der Waals surface area contributed by atoms with Crippen LogP contribution < -0.4 is 0 Å². The second-order valence-corrected chi connectivity index (χ2v) is 4.90. The van der Waals surface area contributed by atoms with E-state index in [2.05, 4.69) is 6.92 Å². The van der Waals surface area contributed by atoms with Gasteiger partial charge in [-0.2, -0.15) is 0 Å². The first kappa shape index (κ1) is 7.37. The Hall–Kier alpha value is -0.0400. The average Bonchev–Trinajstić information content (AvgIpc) is 2.50. The molecule has 1 heterocycles. The Bertz CT molecular complexity index is 189. The maximum atomic E-state index is 5.61. The second kappa shape index (κ2) is 2.47. The molecule has 0 bridgehead atoms. The van der Waals surface area contributed by atoms with Crippen molar-refractivity contribution in [1.29, 1.82) is 0 Å². The summed E-state index contributed by atoms with van der Waals surface area (Å²) < 4.78 is 5.61. The van der Waals surface area contributed by atoms with Crippen molar-refractivity contribution in [2.24, 2.45) is 17.8 Å². The van der Waals surface area contributed by atoms with E-state index in [1.165, 1.54) is 32.1 Å². The molecule has 68 valence electrons. The molecular formula is C11H18O. The van der Waals surface area contributed by atoms with E-state index < -0.39 is 0 Å². The Labute approximate surface area is 74.5 Å². The Morgan fingerprint density at radius 3 is 2.58 bits per heavy atom. The SMILES string of the molecule is CC1OC1C1CCC2CCCC21. The maximum absolute atomic E-state index is 5.61. The van der Waals surface area contributed by atoms with Gasteiger partial charge in [0.2, 0.25) is 0 Å². The number of fused-ring (bicyclic) bond motifs is 1. The summed E-state index contributed by atoms with van der Waals surface area (Å²) in [6.45, 7) is 2.23. The summed E-state index contributed by atoms with van der Waals surface area (Å²) in [5.74, 6) is 3.10. The molecule has 5 atom stereocenters. The van der Waals surface area contributed by atoms with Gasteiger partial charge in [0, 0.05) is 0 Å². The third-order valence-corrected chi connectivity index (χ3v) is 4.32. The molecule has 0 aromatic rings. The average molecular weight is 166 g/mol. The van der Waals surface area contributed by atoms with Crippen LogP contribution in [0.2, 0.25) is 0 Å². The van der Waals surface area contributed by atoms with Gasteiger partial charge in [-0.15, -0.1) is 0 Å². The fourth-order valence-corrected chi connectivity index (χ4v) is 3.67. The first-order chi connectivity index (χ1) is 5.86. The summed E-state index contributed by atoms with van der Waals surface area (Å²) in [4.78, 5) is 0. The fourth-order valence-electron chi connectivity index (χ4n) is 3.67. The molecule has 3 rings (SSSR count). The monoisotopic (exact) mass is 166 g/mol. The predicted octanol–water partition coefficient (Wildman–Crippen LogP) is 2.60. The molecule has 1 saturated heterocycles. The lowest BCUT2D eigenvalue weighted by Crippen LogP contribution is -2.16. The molecule has 5 unspecified atom stereocenters. The van der Waals surface area contributed by atoms with Crippen LogP contribution in [0.1, 0.15) is 39.0 Å². The van der Waals surface area contributed by atoms with Gasteiger partial charge in [0.25, 0.3) is 0 Å². The minimum absolute atomic E-state index is 0.592. The summed E-state index contributed by atoms with van der Waals surface area (Å²) in [5, 5.41) is 0. The molecule has 0 aromatic heterocycles. The van der Waals surface area contributed by atoms with Crippen molar-refractivity contribution in [2.45, 2.75) is 51.2 Å². The van der Waals surface area contributed by atoms with E-state index >= 15 is 0 Å². The minimum atomic E-state index is 0.592. The number of hydrogen-bond acceptors (Lipinski definition) is 1. The Balaban J connectivity index is 1.72. The summed E-state index contributed by atoms with van der Waals surface area (Å²) in [6.07, 6.45) is 8.73. The highest BCUT2D eigenvalue weighted by molar-refractivity contribution is 4.98. The van der Waals surface area contributed by atoms with Crippen molar-refractivity contribution >= 4 is 0 Å². The smallest absolute Gasteiger partial charge is 0.0869 e. The van der Waals surface area contributed by atoms with Crippen molar-refractivity contribution in [1.82, 2.24) is 0 Å². The molecule has 2 saturated carbocycles. The van der Waals surface area contributed by atoms with Crippen LogP contribution in [0.5, 0.6) is 0 Å².